The van der Waals surface area contributed by atoms with Gasteiger partial charge in [0.15, 0.2) is 0 Å². The largest absolute Gasteiger partial charge is 0.465 e. The first kappa shape index (κ1) is 5.13. The van der Waals surface area contributed by atoms with Crippen LogP contribution in [-0.2, 0) is 0 Å². The van der Waals surface area contributed by atoms with Crippen molar-refractivity contribution in [2.45, 2.75) is 0 Å². The Balaban J connectivity index is 2.55. The van der Waals surface area contributed by atoms with Gasteiger partial charge in [0.2, 0.25) is 0 Å². The molecule has 0 fully saturated rings. The monoisotopic (exact) mass is 76.0 g/mol. The predicted octanol–water partition coefficient (Wildman–Crippen LogP) is -0.394. The van der Waals surface area contributed by atoms with Crippen LogP contribution >= 0.6 is 0 Å². The summed E-state index contributed by atoms with van der Waals surface area (Å²) >= 11 is 2.98. The van der Waals surface area contributed by atoms with Gasteiger partial charge in [0.25, 0.3) is 0 Å². The molecule has 2 radical (unpaired) electrons. The van der Waals surface area contributed by atoms with Crippen molar-refractivity contribution in [2.24, 2.45) is 6.88 Å². The van der Waals surface area contributed by atoms with Gasteiger partial charge in [-0.2, -0.15) is 0 Å². The molecule has 0 amide bonds. The Morgan fingerprint density at radius 1 is 1.00 bits per heavy atom. The first-order valence-corrected chi connectivity index (χ1v) is 2.10. The van der Waals surface area contributed by atoms with E-state index >= 15 is 0 Å². The van der Waals surface area contributed by atoms with E-state index in [1.54, 1.807) is 0 Å². The molecule has 2 nitrogen and oxygen atoms in total. The minimum absolute atomic E-state index is 1.49. The van der Waals surface area contributed by atoms with Gasteiger partial charge in [0.05, 0.1) is 0 Å². The first-order chi connectivity index (χ1) is 1.91. The maximum atomic E-state index is 3.40. The zero-order chi connectivity index (χ0) is 3.41. The van der Waals surface area contributed by atoms with Crippen molar-refractivity contribution in [3.8, 4) is 0 Å². The molecule has 4 heavy (non-hydrogen) atoms. The lowest BCUT2D eigenvalue weighted by Crippen LogP contribution is -1.45. The van der Waals surface area contributed by atoms with Gasteiger partial charge in [-0.15, -0.1) is 0 Å². The van der Waals surface area contributed by atoms with Crippen molar-refractivity contribution in [3.05, 3.63) is 0 Å². The van der Waals surface area contributed by atoms with Crippen LogP contribution in [0, 0.1) is 0 Å². The molecule has 4 heteroatoms. The standard InChI is InChI=1S/2Mg.N2/c;;1-2/q2*+1;-2. The summed E-state index contributed by atoms with van der Waals surface area (Å²) in [6.07, 6.45) is 0. The third-order valence-corrected chi connectivity index (χ3v) is 0.900. The Kier molecular flexibility index (Phi) is 5.30. The van der Waals surface area contributed by atoms with Crippen LogP contribution in [0.25, 0.3) is 0 Å². The van der Waals surface area contributed by atoms with E-state index in [9.17, 15) is 0 Å². The molecule has 0 unspecified atom stereocenters. The summed E-state index contributed by atoms with van der Waals surface area (Å²) in [5, 5.41) is 0. The molecular formula is Mg2N2. The molecule has 0 aliphatic heterocycles. The lowest BCUT2D eigenvalue weighted by molar-refractivity contribution is 1.49. The van der Waals surface area contributed by atoms with E-state index < -0.39 is 0 Å². The third-order valence-electron chi connectivity index (χ3n) is 0.1000. The molecule has 14 valence electrons. The van der Waals surface area contributed by atoms with E-state index in [2.05, 4.69) is 6.88 Å². The topological polar surface area (TPSA) is 24.7 Å². The third kappa shape index (κ3) is 3.13. The van der Waals surface area contributed by atoms with E-state index in [4.69, 9.17) is 0 Å². The molecule has 0 spiro atoms. The molecule has 0 N–H and O–H groups in total. The lowest BCUT2D eigenvalue weighted by Gasteiger charge is -1.64. The Morgan fingerprint density at radius 2 is 1.25 bits per heavy atom. The summed E-state index contributed by atoms with van der Waals surface area (Å²) in [5.74, 6) is 0. The summed E-state index contributed by atoms with van der Waals surface area (Å²) < 4.78 is 6.80. The van der Waals surface area contributed by atoms with E-state index in [1.807, 2.05) is 0 Å². The molecule has 0 aromatic rings. The van der Waals surface area contributed by atoms with Crippen LogP contribution in [-0.4, -0.2) is 44.0 Å². The zero-order valence-electron chi connectivity index (χ0n) is 2.31. The Bertz CT molecular complexity index is 19.2. The van der Waals surface area contributed by atoms with Crippen molar-refractivity contribution >= 4 is 44.0 Å². The van der Waals surface area contributed by atoms with Crippen LogP contribution in [0.15, 0.2) is 6.88 Å². The Labute approximate surface area is 50.6 Å². The van der Waals surface area contributed by atoms with Gasteiger partial charge in [-0.1, -0.05) is 0 Å². The molecule has 0 aliphatic rings. The highest BCUT2D eigenvalue weighted by atomic mass is 24.4. The summed E-state index contributed by atoms with van der Waals surface area (Å²) in [4.78, 5) is 0. The summed E-state index contributed by atoms with van der Waals surface area (Å²) in [7, 11) is 0. The SMILES string of the molecule is [Mg][N]=[N][Mg]. The van der Waals surface area contributed by atoms with Crippen LogP contribution in [0.4, 0.5) is 0 Å². The molecule has 0 aliphatic carbocycles. The average molecular weight is 76.6 g/mol. The van der Waals surface area contributed by atoms with E-state index in [0.29, 0.717) is 0 Å². The van der Waals surface area contributed by atoms with Gasteiger partial charge in [0, 0.05) is 0 Å². The normalized spacial score (nSPS) is 8.50. The molecule has 0 rings (SSSR count). The highest BCUT2D eigenvalue weighted by Gasteiger charge is 1.36. The fraction of sp³-hybridized carbons (Fsp3) is 0. The van der Waals surface area contributed by atoms with Gasteiger partial charge in [-0.05, 0) is 0 Å². The van der Waals surface area contributed by atoms with Crippen molar-refractivity contribution in [3.63, 3.8) is 0 Å². The smallest absolute Gasteiger partial charge is 0.465 e. The lowest BCUT2D eigenvalue weighted by atomic mass is 13.2. The second kappa shape index (κ2) is 4.13. The van der Waals surface area contributed by atoms with Crippen LogP contribution in [0.2, 0.25) is 0 Å². The van der Waals surface area contributed by atoms with Gasteiger partial charge >= 0.3 is 44.0 Å². The quantitative estimate of drug-likeness (QED) is 0.277. The molecule has 0 aromatic carbocycles. The molecule has 0 saturated carbocycles. The minimum atomic E-state index is 1.49. The minimum Gasteiger partial charge on any atom is -0.465 e. The summed E-state index contributed by atoms with van der Waals surface area (Å²) in [6.45, 7) is 0. The predicted molar refractivity (Wildman–Crippen MR) is 16.4 cm³/mol. The fourth-order valence-corrected chi connectivity index (χ4v) is 0. The maximum Gasteiger partial charge on any atom is 0.465 e. The maximum absolute atomic E-state index is 3.40. The number of nitrogens with zero attached hydrogens (tertiary/aromatic N) is 2. The molecule has 0 heterocycles. The fourth-order valence-electron chi connectivity index (χ4n) is 0. The number of rotatable bonds is 0. The Hall–Kier alpha value is 1.13. The van der Waals surface area contributed by atoms with Gasteiger partial charge in [0.1, 0.15) is 0 Å². The molecular weight excluding hydrogens is 76.6 g/mol. The van der Waals surface area contributed by atoms with Crippen LogP contribution in [0.1, 0.15) is 0 Å². The second-order valence-corrected chi connectivity index (χ2v) is 0.849. The van der Waals surface area contributed by atoms with Crippen molar-refractivity contribution < 1.29 is 0 Å². The van der Waals surface area contributed by atoms with Crippen LogP contribution in [0.5, 0.6) is 0 Å². The van der Waals surface area contributed by atoms with Crippen molar-refractivity contribution in [1.29, 1.82) is 0 Å². The van der Waals surface area contributed by atoms with Crippen molar-refractivity contribution in [2.75, 3.05) is 0 Å². The highest BCUT2D eigenvalue weighted by Crippen LogP contribution is 1.44. The number of hydrogen-bond donors (Lipinski definition) is 0. The molecule has 0 bridgehead atoms. The molecule has 0 atom stereocenters. The van der Waals surface area contributed by atoms with Gasteiger partial charge in [-0.3, -0.25) is 0 Å². The first-order valence-electron chi connectivity index (χ1n) is 0.832. The van der Waals surface area contributed by atoms with E-state index in [-0.39, 0.29) is 0 Å². The van der Waals surface area contributed by atoms with Gasteiger partial charge in [-0.25, -0.2) is 0 Å². The van der Waals surface area contributed by atoms with Crippen LogP contribution < -0.4 is 0 Å². The van der Waals surface area contributed by atoms with Crippen molar-refractivity contribution in [1.82, 2.24) is 0 Å². The van der Waals surface area contributed by atoms with E-state index in [1.165, 1.54) is 44.0 Å². The highest BCUT2D eigenvalue weighted by molar-refractivity contribution is 6.09. The molecule has 0 aromatic heterocycles. The second-order valence-electron chi connectivity index (χ2n) is 0.283. The Morgan fingerprint density at radius 3 is 1.25 bits per heavy atom. The van der Waals surface area contributed by atoms with Gasteiger partial charge < -0.3 is 6.88 Å². The number of hydrogen-bond acceptors (Lipinski definition) is 2. The molecule has 0 saturated heterocycles. The van der Waals surface area contributed by atoms with E-state index in [0.717, 1.165) is 0 Å². The summed E-state index contributed by atoms with van der Waals surface area (Å²) in [5.41, 5.74) is 0. The summed E-state index contributed by atoms with van der Waals surface area (Å²) in [6, 6.07) is 0. The zero-order valence-corrected chi connectivity index (χ0v) is 5.14. The van der Waals surface area contributed by atoms with Crippen LogP contribution in [0.3, 0.4) is 0 Å². The average Bonchev–Trinajstić information content (AvgIpc) is 1.37.